The van der Waals surface area contributed by atoms with Crippen LogP contribution in [0.4, 0.5) is 0 Å². The molecule has 4 heteroatoms. The molecule has 84 valence electrons. The van der Waals surface area contributed by atoms with Gasteiger partial charge in [-0.1, -0.05) is 6.07 Å². The molecule has 0 fully saturated rings. The predicted octanol–water partition coefficient (Wildman–Crippen LogP) is 1.40. The lowest BCUT2D eigenvalue weighted by Gasteiger charge is -2.08. The minimum Gasteiger partial charge on any atom is -0.388 e. The Bertz CT molecular complexity index is 464. The molecule has 0 saturated heterocycles. The van der Waals surface area contributed by atoms with Gasteiger partial charge in [0.05, 0.1) is 11.8 Å². The van der Waals surface area contributed by atoms with Crippen molar-refractivity contribution in [3.05, 3.63) is 47.5 Å². The summed E-state index contributed by atoms with van der Waals surface area (Å²) in [6.07, 6.45) is 3.57. The Morgan fingerprint density at radius 3 is 2.81 bits per heavy atom. The van der Waals surface area contributed by atoms with Gasteiger partial charge >= 0.3 is 0 Å². The van der Waals surface area contributed by atoms with E-state index in [0.717, 1.165) is 17.0 Å². The Kier molecular flexibility index (Phi) is 3.01. The molecule has 2 aromatic heterocycles. The van der Waals surface area contributed by atoms with Crippen molar-refractivity contribution in [3.63, 3.8) is 0 Å². The van der Waals surface area contributed by atoms with Gasteiger partial charge in [0.2, 0.25) is 0 Å². The van der Waals surface area contributed by atoms with Crippen LogP contribution in [0.15, 0.2) is 30.6 Å². The number of hydrogen-bond donors (Lipinski definition) is 1. The molecular formula is C12H15N3O. The van der Waals surface area contributed by atoms with Crippen LogP contribution in [-0.4, -0.2) is 19.9 Å². The van der Waals surface area contributed by atoms with Crippen LogP contribution in [0.1, 0.15) is 23.1 Å². The molecule has 1 N–H and O–H groups in total. The maximum absolute atomic E-state index is 10.1. The first kappa shape index (κ1) is 10.8. The van der Waals surface area contributed by atoms with E-state index >= 15 is 0 Å². The van der Waals surface area contributed by atoms with Crippen LogP contribution in [0, 0.1) is 6.92 Å². The summed E-state index contributed by atoms with van der Waals surface area (Å²) in [6, 6.07) is 5.70. The first-order valence-corrected chi connectivity index (χ1v) is 5.25. The van der Waals surface area contributed by atoms with Crippen molar-refractivity contribution in [1.82, 2.24) is 14.8 Å². The molecule has 0 saturated carbocycles. The molecule has 1 atom stereocenters. The molecule has 0 bridgehead atoms. The third-order valence-corrected chi connectivity index (χ3v) is 2.54. The number of rotatable bonds is 3. The molecule has 0 radical (unpaired) electrons. The Hall–Kier alpha value is -1.68. The summed E-state index contributed by atoms with van der Waals surface area (Å²) in [6.45, 7) is 1.90. The molecule has 0 amide bonds. The number of hydrogen-bond acceptors (Lipinski definition) is 3. The van der Waals surface area contributed by atoms with E-state index in [9.17, 15) is 5.11 Å². The predicted molar refractivity (Wildman–Crippen MR) is 60.8 cm³/mol. The van der Waals surface area contributed by atoms with Crippen LogP contribution in [0.3, 0.4) is 0 Å². The Morgan fingerprint density at radius 2 is 2.25 bits per heavy atom. The van der Waals surface area contributed by atoms with Crippen molar-refractivity contribution in [2.75, 3.05) is 0 Å². The molecule has 0 aromatic carbocycles. The van der Waals surface area contributed by atoms with E-state index in [1.165, 1.54) is 0 Å². The van der Waals surface area contributed by atoms with E-state index in [1.807, 2.05) is 38.4 Å². The zero-order chi connectivity index (χ0) is 11.5. The molecule has 0 aliphatic rings. The fourth-order valence-electron chi connectivity index (χ4n) is 1.77. The molecule has 2 rings (SSSR count). The van der Waals surface area contributed by atoms with Crippen molar-refractivity contribution in [1.29, 1.82) is 0 Å². The molecule has 16 heavy (non-hydrogen) atoms. The summed E-state index contributed by atoms with van der Waals surface area (Å²) in [7, 11) is 1.85. The second-order valence-corrected chi connectivity index (χ2v) is 3.88. The van der Waals surface area contributed by atoms with E-state index in [2.05, 4.69) is 10.1 Å². The Balaban J connectivity index is 2.14. The van der Waals surface area contributed by atoms with Gasteiger partial charge in [0.15, 0.2) is 0 Å². The monoisotopic (exact) mass is 217 g/mol. The van der Waals surface area contributed by atoms with Crippen LogP contribution in [-0.2, 0) is 13.5 Å². The normalized spacial score (nSPS) is 12.7. The van der Waals surface area contributed by atoms with Gasteiger partial charge in [0.25, 0.3) is 0 Å². The van der Waals surface area contributed by atoms with Crippen molar-refractivity contribution in [2.45, 2.75) is 19.4 Å². The lowest BCUT2D eigenvalue weighted by atomic mass is 10.1. The van der Waals surface area contributed by atoms with Crippen molar-refractivity contribution in [3.8, 4) is 0 Å². The van der Waals surface area contributed by atoms with Crippen LogP contribution in [0.5, 0.6) is 0 Å². The number of pyridine rings is 1. The summed E-state index contributed by atoms with van der Waals surface area (Å²) in [5.74, 6) is 0. The number of aryl methyl sites for hydroxylation is 2. The molecule has 0 spiro atoms. The molecule has 0 aliphatic heterocycles. The minimum absolute atomic E-state index is 0.521. The van der Waals surface area contributed by atoms with Crippen LogP contribution < -0.4 is 0 Å². The van der Waals surface area contributed by atoms with Crippen LogP contribution >= 0.6 is 0 Å². The Labute approximate surface area is 94.6 Å². The highest BCUT2D eigenvalue weighted by Gasteiger charge is 2.14. The fourth-order valence-corrected chi connectivity index (χ4v) is 1.77. The maximum atomic E-state index is 10.1. The second kappa shape index (κ2) is 4.45. The van der Waals surface area contributed by atoms with Crippen LogP contribution in [0.25, 0.3) is 0 Å². The van der Waals surface area contributed by atoms with Gasteiger partial charge in [-0.05, 0) is 19.1 Å². The van der Waals surface area contributed by atoms with Gasteiger partial charge in [-0.2, -0.15) is 5.10 Å². The highest BCUT2D eigenvalue weighted by atomic mass is 16.3. The van der Waals surface area contributed by atoms with Crippen molar-refractivity contribution >= 4 is 0 Å². The SMILES string of the molecule is Cc1nn(C)cc1C(O)Cc1ccccn1. The first-order chi connectivity index (χ1) is 7.66. The van der Waals surface area contributed by atoms with E-state index in [0.29, 0.717) is 6.42 Å². The summed E-state index contributed by atoms with van der Waals surface area (Å²) in [4.78, 5) is 4.19. The van der Waals surface area contributed by atoms with E-state index in [4.69, 9.17) is 0 Å². The highest BCUT2D eigenvalue weighted by molar-refractivity contribution is 5.20. The first-order valence-electron chi connectivity index (χ1n) is 5.25. The number of aliphatic hydroxyl groups excluding tert-OH is 1. The van der Waals surface area contributed by atoms with Crippen LogP contribution in [0.2, 0.25) is 0 Å². The minimum atomic E-state index is -0.538. The van der Waals surface area contributed by atoms with Crippen molar-refractivity contribution in [2.24, 2.45) is 7.05 Å². The van der Waals surface area contributed by atoms with E-state index in [1.54, 1.807) is 10.9 Å². The van der Waals surface area contributed by atoms with E-state index in [-0.39, 0.29) is 0 Å². The van der Waals surface area contributed by atoms with Gasteiger partial charge < -0.3 is 5.11 Å². The number of aliphatic hydroxyl groups is 1. The molecule has 2 aromatic rings. The molecular weight excluding hydrogens is 202 g/mol. The highest BCUT2D eigenvalue weighted by Crippen LogP contribution is 2.19. The van der Waals surface area contributed by atoms with Crippen molar-refractivity contribution < 1.29 is 5.11 Å². The zero-order valence-electron chi connectivity index (χ0n) is 9.46. The van der Waals surface area contributed by atoms with Gasteiger partial charge in [0.1, 0.15) is 0 Å². The summed E-state index contributed by atoms with van der Waals surface area (Å²) >= 11 is 0. The zero-order valence-corrected chi connectivity index (χ0v) is 9.46. The van der Waals surface area contributed by atoms with Gasteiger partial charge in [-0.25, -0.2) is 0 Å². The van der Waals surface area contributed by atoms with Gasteiger partial charge in [-0.15, -0.1) is 0 Å². The number of nitrogens with zero attached hydrogens (tertiary/aromatic N) is 3. The fraction of sp³-hybridized carbons (Fsp3) is 0.333. The third-order valence-electron chi connectivity index (χ3n) is 2.54. The average molecular weight is 217 g/mol. The number of aromatic nitrogens is 3. The standard InChI is InChI=1S/C12H15N3O/c1-9-11(8-15(2)14-9)12(16)7-10-5-3-4-6-13-10/h3-6,8,12,16H,7H2,1-2H3. The largest absolute Gasteiger partial charge is 0.388 e. The maximum Gasteiger partial charge on any atom is 0.0878 e. The quantitative estimate of drug-likeness (QED) is 0.845. The lowest BCUT2D eigenvalue weighted by molar-refractivity contribution is 0.176. The third kappa shape index (κ3) is 2.28. The van der Waals surface area contributed by atoms with Gasteiger partial charge in [-0.3, -0.25) is 9.67 Å². The molecule has 4 nitrogen and oxygen atoms in total. The molecule has 2 heterocycles. The van der Waals surface area contributed by atoms with E-state index < -0.39 is 6.10 Å². The lowest BCUT2D eigenvalue weighted by Crippen LogP contribution is -2.03. The summed E-state index contributed by atoms with van der Waals surface area (Å²) in [5, 5.41) is 14.3. The molecule has 0 aliphatic carbocycles. The molecule has 1 unspecified atom stereocenters. The smallest absolute Gasteiger partial charge is 0.0878 e. The second-order valence-electron chi connectivity index (χ2n) is 3.88. The Morgan fingerprint density at radius 1 is 1.44 bits per heavy atom. The average Bonchev–Trinajstić information content (AvgIpc) is 2.59. The topological polar surface area (TPSA) is 50.9 Å². The summed E-state index contributed by atoms with van der Waals surface area (Å²) in [5.41, 5.74) is 2.62. The summed E-state index contributed by atoms with van der Waals surface area (Å²) < 4.78 is 1.71. The van der Waals surface area contributed by atoms with Gasteiger partial charge in [0, 0.05) is 37.1 Å².